The highest BCUT2D eigenvalue weighted by Gasteiger charge is 2.50. The fourth-order valence-corrected chi connectivity index (χ4v) is 4.19. The van der Waals surface area contributed by atoms with E-state index in [-0.39, 0.29) is 5.41 Å². The normalized spacial score (nSPS) is 24.4. The number of rotatable bonds is 4. The molecule has 1 aromatic heterocycles. The fraction of sp³-hybridized carbons (Fsp3) is 0.450. The Morgan fingerprint density at radius 1 is 1.12 bits per heavy atom. The van der Waals surface area contributed by atoms with Crippen molar-refractivity contribution in [2.75, 3.05) is 19.6 Å². The number of likely N-dealkylation sites (tertiary alicyclic amines) is 2. The van der Waals surface area contributed by atoms with Gasteiger partial charge in [0.1, 0.15) is 0 Å². The number of carbonyl (C=O) groups excluding carboxylic acids is 1. The first kappa shape index (κ1) is 15.5. The standard InChI is InChI=1S/C20H24N2O2/c1-16-3-2-4-17(11-16)13-22-9-7-20(19(22)23)6-8-21(15-20)12-18-5-10-24-14-18/h2-5,10-11,14H,6-9,12-13,15H2,1H3. The van der Waals surface area contributed by atoms with E-state index in [1.165, 1.54) is 16.7 Å². The second-order valence-electron chi connectivity index (χ2n) is 7.34. The van der Waals surface area contributed by atoms with Gasteiger partial charge in [0.15, 0.2) is 0 Å². The molecule has 24 heavy (non-hydrogen) atoms. The van der Waals surface area contributed by atoms with Crippen LogP contribution in [-0.2, 0) is 17.9 Å². The molecule has 1 amide bonds. The molecular formula is C20H24N2O2. The van der Waals surface area contributed by atoms with E-state index in [9.17, 15) is 4.79 Å². The van der Waals surface area contributed by atoms with Gasteiger partial charge < -0.3 is 9.32 Å². The van der Waals surface area contributed by atoms with Gasteiger partial charge in [-0.05, 0) is 37.9 Å². The molecule has 0 saturated carbocycles. The van der Waals surface area contributed by atoms with Crippen LogP contribution in [0.15, 0.2) is 47.3 Å². The Balaban J connectivity index is 1.41. The maximum absolute atomic E-state index is 13.0. The van der Waals surface area contributed by atoms with Gasteiger partial charge in [-0.3, -0.25) is 9.69 Å². The monoisotopic (exact) mass is 324 g/mol. The van der Waals surface area contributed by atoms with Gasteiger partial charge in [0.2, 0.25) is 5.91 Å². The molecule has 4 heteroatoms. The van der Waals surface area contributed by atoms with Gasteiger partial charge in [-0.25, -0.2) is 0 Å². The molecule has 4 rings (SSSR count). The van der Waals surface area contributed by atoms with Crippen LogP contribution in [0.5, 0.6) is 0 Å². The average Bonchev–Trinajstić information content (AvgIpc) is 3.27. The highest BCUT2D eigenvalue weighted by atomic mass is 16.3. The van der Waals surface area contributed by atoms with Gasteiger partial charge in [-0.15, -0.1) is 0 Å². The van der Waals surface area contributed by atoms with Crippen molar-refractivity contribution in [2.45, 2.75) is 32.9 Å². The van der Waals surface area contributed by atoms with Crippen molar-refractivity contribution in [3.05, 3.63) is 59.5 Å². The summed E-state index contributed by atoms with van der Waals surface area (Å²) < 4.78 is 5.15. The molecule has 1 unspecified atom stereocenters. The lowest BCUT2D eigenvalue weighted by Gasteiger charge is -2.23. The molecule has 4 nitrogen and oxygen atoms in total. The average molecular weight is 324 g/mol. The zero-order valence-corrected chi connectivity index (χ0v) is 14.2. The molecule has 3 heterocycles. The van der Waals surface area contributed by atoms with Gasteiger partial charge in [0.25, 0.3) is 0 Å². The summed E-state index contributed by atoms with van der Waals surface area (Å²) in [4.78, 5) is 17.5. The van der Waals surface area contributed by atoms with Gasteiger partial charge in [-0.2, -0.15) is 0 Å². The molecule has 2 aromatic rings. The molecule has 2 aliphatic rings. The van der Waals surface area contributed by atoms with Gasteiger partial charge in [-0.1, -0.05) is 29.8 Å². The minimum atomic E-state index is -0.159. The Morgan fingerprint density at radius 2 is 2.00 bits per heavy atom. The SMILES string of the molecule is Cc1cccc(CN2CCC3(CCN(Cc4ccoc4)C3)C2=O)c1. The Kier molecular flexibility index (Phi) is 3.93. The summed E-state index contributed by atoms with van der Waals surface area (Å²) in [6.07, 6.45) is 5.48. The number of hydrogen-bond donors (Lipinski definition) is 0. The Bertz CT molecular complexity index is 725. The summed E-state index contributed by atoms with van der Waals surface area (Å²) in [6, 6.07) is 10.5. The molecule has 0 aliphatic carbocycles. The van der Waals surface area contributed by atoms with E-state index < -0.39 is 0 Å². The molecule has 2 aliphatic heterocycles. The molecule has 1 aromatic carbocycles. The summed E-state index contributed by atoms with van der Waals surface area (Å²) >= 11 is 0. The van der Waals surface area contributed by atoms with E-state index in [1.807, 2.05) is 6.07 Å². The largest absolute Gasteiger partial charge is 0.472 e. The van der Waals surface area contributed by atoms with Crippen molar-refractivity contribution >= 4 is 5.91 Å². The Hall–Kier alpha value is -2.07. The third kappa shape index (κ3) is 2.86. The minimum absolute atomic E-state index is 0.159. The second-order valence-corrected chi connectivity index (χ2v) is 7.34. The Morgan fingerprint density at radius 3 is 2.79 bits per heavy atom. The summed E-state index contributed by atoms with van der Waals surface area (Å²) in [7, 11) is 0. The quantitative estimate of drug-likeness (QED) is 0.866. The third-order valence-corrected chi connectivity index (χ3v) is 5.48. The van der Waals surface area contributed by atoms with Crippen LogP contribution in [0.3, 0.4) is 0 Å². The number of aryl methyl sites for hydroxylation is 1. The van der Waals surface area contributed by atoms with E-state index in [4.69, 9.17) is 4.42 Å². The van der Waals surface area contributed by atoms with Crippen LogP contribution in [0.2, 0.25) is 0 Å². The van der Waals surface area contributed by atoms with Crippen LogP contribution in [0.25, 0.3) is 0 Å². The molecule has 2 saturated heterocycles. The molecule has 126 valence electrons. The summed E-state index contributed by atoms with van der Waals surface area (Å²) in [5.74, 6) is 0.346. The summed E-state index contributed by atoms with van der Waals surface area (Å²) in [5.41, 5.74) is 3.51. The smallest absolute Gasteiger partial charge is 0.230 e. The van der Waals surface area contributed by atoms with Crippen LogP contribution in [0.1, 0.15) is 29.5 Å². The summed E-state index contributed by atoms with van der Waals surface area (Å²) in [6.45, 7) is 6.47. The molecule has 0 radical (unpaired) electrons. The predicted octanol–water partition coefficient (Wildman–Crippen LogP) is 3.21. The predicted molar refractivity (Wildman–Crippen MR) is 92.2 cm³/mol. The van der Waals surface area contributed by atoms with Crippen LogP contribution in [0, 0.1) is 12.3 Å². The van der Waals surface area contributed by atoms with E-state index in [0.717, 1.165) is 45.6 Å². The van der Waals surface area contributed by atoms with E-state index in [0.29, 0.717) is 5.91 Å². The van der Waals surface area contributed by atoms with Crippen molar-refractivity contribution < 1.29 is 9.21 Å². The van der Waals surface area contributed by atoms with Crippen molar-refractivity contribution in [3.63, 3.8) is 0 Å². The van der Waals surface area contributed by atoms with E-state index in [2.05, 4.69) is 41.0 Å². The zero-order valence-electron chi connectivity index (χ0n) is 14.2. The second kappa shape index (κ2) is 6.10. The van der Waals surface area contributed by atoms with E-state index in [1.54, 1.807) is 12.5 Å². The van der Waals surface area contributed by atoms with Crippen molar-refractivity contribution in [3.8, 4) is 0 Å². The van der Waals surface area contributed by atoms with Crippen LogP contribution in [-0.4, -0.2) is 35.3 Å². The highest BCUT2D eigenvalue weighted by Crippen LogP contribution is 2.41. The lowest BCUT2D eigenvalue weighted by atomic mass is 9.85. The lowest BCUT2D eigenvalue weighted by molar-refractivity contribution is -0.136. The number of carbonyl (C=O) groups is 1. The van der Waals surface area contributed by atoms with Crippen molar-refractivity contribution in [2.24, 2.45) is 5.41 Å². The molecule has 2 fully saturated rings. The third-order valence-electron chi connectivity index (χ3n) is 5.48. The maximum atomic E-state index is 13.0. The van der Waals surface area contributed by atoms with Gasteiger partial charge in [0, 0.05) is 31.7 Å². The Labute approximate surface area is 143 Å². The number of amides is 1. The topological polar surface area (TPSA) is 36.7 Å². The number of benzene rings is 1. The van der Waals surface area contributed by atoms with Crippen LogP contribution < -0.4 is 0 Å². The van der Waals surface area contributed by atoms with Crippen LogP contribution in [0.4, 0.5) is 0 Å². The number of hydrogen-bond acceptors (Lipinski definition) is 3. The minimum Gasteiger partial charge on any atom is -0.472 e. The van der Waals surface area contributed by atoms with Gasteiger partial charge in [0.05, 0.1) is 17.9 Å². The van der Waals surface area contributed by atoms with E-state index >= 15 is 0 Å². The first-order valence-electron chi connectivity index (χ1n) is 8.73. The van der Waals surface area contributed by atoms with Crippen molar-refractivity contribution in [1.29, 1.82) is 0 Å². The molecule has 1 spiro atoms. The lowest BCUT2D eigenvalue weighted by Crippen LogP contribution is -2.36. The number of furan rings is 1. The van der Waals surface area contributed by atoms with Crippen molar-refractivity contribution in [1.82, 2.24) is 9.80 Å². The zero-order chi connectivity index (χ0) is 16.6. The van der Waals surface area contributed by atoms with Crippen LogP contribution >= 0.6 is 0 Å². The number of nitrogens with zero attached hydrogens (tertiary/aromatic N) is 2. The maximum Gasteiger partial charge on any atom is 0.230 e. The fourth-order valence-electron chi connectivity index (χ4n) is 4.19. The molecule has 0 N–H and O–H groups in total. The van der Waals surface area contributed by atoms with Gasteiger partial charge >= 0.3 is 0 Å². The molecule has 0 bridgehead atoms. The molecular weight excluding hydrogens is 300 g/mol. The first-order chi connectivity index (χ1) is 11.6. The summed E-state index contributed by atoms with van der Waals surface area (Å²) in [5, 5.41) is 0. The molecule has 1 atom stereocenters. The highest BCUT2D eigenvalue weighted by molar-refractivity contribution is 5.85. The first-order valence-corrected chi connectivity index (χ1v) is 8.73.